The van der Waals surface area contributed by atoms with Crippen molar-refractivity contribution in [3.8, 4) is 5.75 Å². The molecule has 2 atom stereocenters. The quantitative estimate of drug-likeness (QED) is 0.750. The summed E-state index contributed by atoms with van der Waals surface area (Å²) in [7, 11) is 0. The molecule has 0 fully saturated rings. The van der Waals surface area contributed by atoms with Gasteiger partial charge in [-0.25, -0.2) is 8.78 Å². The van der Waals surface area contributed by atoms with E-state index in [2.05, 4.69) is 4.74 Å². The van der Waals surface area contributed by atoms with E-state index >= 15 is 0 Å². The number of rotatable bonds is 8. The van der Waals surface area contributed by atoms with Crippen LogP contribution in [0, 0.1) is 5.92 Å². The van der Waals surface area contributed by atoms with E-state index in [9.17, 15) is 18.7 Å². The molecule has 118 valence electrons. The Hall–Kier alpha value is -1.69. The average Bonchev–Trinajstić information content (AvgIpc) is 2.45. The average molecular weight is 302 g/mol. The van der Waals surface area contributed by atoms with Gasteiger partial charge >= 0.3 is 5.97 Å². The van der Waals surface area contributed by atoms with Crippen molar-refractivity contribution in [2.75, 3.05) is 13.2 Å². The van der Waals surface area contributed by atoms with Crippen LogP contribution in [0.3, 0.4) is 0 Å². The van der Waals surface area contributed by atoms with Crippen molar-refractivity contribution in [3.05, 3.63) is 29.8 Å². The van der Waals surface area contributed by atoms with E-state index < -0.39 is 24.4 Å². The van der Waals surface area contributed by atoms with Crippen molar-refractivity contribution in [3.63, 3.8) is 0 Å². The third-order valence-electron chi connectivity index (χ3n) is 2.86. The van der Waals surface area contributed by atoms with Crippen molar-refractivity contribution in [2.24, 2.45) is 5.92 Å². The first-order valence-corrected chi connectivity index (χ1v) is 6.86. The number of ether oxygens (including phenoxy) is 2. The Morgan fingerprint density at radius 3 is 2.33 bits per heavy atom. The molecule has 1 rings (SSSR count). The van der Waals surface area contributed by atoms with Gasteiger partial charge < -0.3 is 14.6 Å². The number of carbonyl (C=O) groups excluding carboxylic acids is 1. The van der Waals surface area contributed by atoms with Gasteiger partial charge in [0.1, 0.15) is 11.7 Å². The first-order chi connectivity index (χ1) is 10.0. The van der Waals surface area contributed by atoms with E-state index in [0.29, 0.717) is 12.4 Å². The zero-order valence-electron chi connectivity index (χ0n) is 12.1. The molecule has 0 amide bonds. The highest BCUT2D eigenvalue weighted by molar-refractivity contribution is 5.74. The number of carbonyl (C=O) groups is 1. The molecule has 0 aliphatic carbocycles. The Morgan fingerprint density at radius 2 is 1.86 bits per heavy atom. The topological polar surface area (TPSA) is 55.8 Å². The lowest BCUT2D eigenvalue weighted by Crippen LogP contribution is -2.30. The molecule has 1 aromatic rings. The lowest BCUT2D eigenvalue weighted by Gasteiger charge is -2.21. The van der Waals surface area contributed by atoms with Crippen LogP contribution >= 0.6 is 0 Å². The summed E-state index contributed by atoms with van der Waals surface area (Å²) in [5.74, 6) is -2.42. The molecule has 6 heteroatoms. The van der Waals surface area contributed by atoms with Gasteiger partial charge in [0.15, 0.2) is 0 Å². The summed E-state index contributed by atoms with van der Waals surface area (Å²) in [6.07, 6.45) is -3.78. The summed E-state index contributed by atoms with van der Waals surface area (Å²) in [5, 5.41) is 9.99. The highest BCUT2D eigenvalue weighted by Gasteiger charge is 2.37. The molecule has 21 heavy (non-hydrogen) atoms. The highest BCUT2D eigenvalue weighted by Crippen LogP contribution is 2.29. The number of hydrogen-bond acceptors (Lipinski definition) is 4. The second-order valence-electron chi connectivity index (χ2n) is 4.47. The van der Waals surface area contributed by atoms with Crippen LogP contribution in [-0.4, -0.2) is 30.7 Å². The van der Waals surface area contributed by atoms with Crippen LogP contribution < -0.4 is 4.74 Å². The van der Waals surface area contributed by atoms with Crippen molar-refractivity contribution in [2.45, 2.75) is 32.8 Å². The molecule has 0 saturated carbocycles. The van der Waals surface area contributed by atoms with Crippen LogP contribution in [0.15, 0.2) is 24.3 Å². The van der Waals surface area contributed by atoms with Crippen LogP contribution in [0.4, 0.5) is 8.78 Å². The third kappa shape index (κ3) is 4.97. The molecule has 0 aliphatic rings. The molecule has 1 aromatic carbocycles. The Labute approximate surface area is 122 Å². The second-order valence-corrected chi connectivity index (χ2v) is 4.47. The maximum absolute atomic E-state index is 13.0. The summed E-state index contributed by atoms with van der Waals surface area (Å²) in [6, 6.07) is 6.07. The number of esters is 1. The minimum atomic E-state index is -3.00. The van der Waals surface area contributed by atoms with Gasteiger partial charge in [-0.2, -0.15) is 0 Å². The predicted molar refractivity (Wildman–Crippen MR) is 73.3 cm³/mol. The lowest BCUT2D eigenvalue weighted by atomic mass is 9.96. The Balaban J connectivity index is 2.83. The molecular formula is C15H20F2O4. The fourth-order valence-corrected chi connectivity index (χ4v) is 1.80. The van der Waals surface area contributed by atoms with E-state index in [1.807, 2.05) is 6.92 Å². The summed E-state index contributed by atoms with van der Waals surface area (Å²) in [5.41, 5.74) is 0.220. The minimum Gasteiger partial charge on any atom is -0.494 e. The first-order valence-electron chi connectivity index (χ1n) is 6.86. The van der Waals surface area contributed by atoms with Gasteiger partial charge in [0.05, 0.1) is 19.3 Å². The lowest BCUT2D eigenvalue weighted by molar-refractivity contribution is -0.160. The standard InChI is InChI=1S/C15H20F2O4/c1-3-9-21-11-7-5-10(6-8-11)13(18)12(14(16)17)15(19)20-4-2/h5-8,12-14,18H,3-4,9H2,1-2H3. The molecule has 0 aromatic heterocycles. The highest BCUT2D eigenvalue weighted by atomic mass is 19.3. The fourth-order valence-electron chi connectivity index (χ4n) is 1.80. The van der Waals surface area contributed by atoms with Gasteiger partial charge in [-0.05, 0) is 31.0 Å². The number of alkyl halides is 2. The van der Waals surface area contributed by atoms with Crippen LogP contribution in [0.1, 0.15) is 31.9 Å². The molecule has 2 unspecified atom stereocenters. The third-order valence-corrected chi connectivity index (χ3v) is 2.86. The molecule has 0 aliphatic heterocycles. The molecule has 0 bridgehead atoms. The second kappa shape index (κ2) is 8.56. The zero-order valence-corrected chi connectivity index (χ0v) is 12.1. The minimum absolute atomic E-state index is 0.0153. The van der Waals surface area contributed by atoms with Gasteiger partial charge in [0.25, 0.3) is 6.43 Å². The van der Waals surface area contributed by atoms with Crippen LogP contribution in [0.5, 0.6) is 5.75 Å². The largest absolute Gasteiger partial charge is 0.494 e. The van der Waals surface area contributed by atoms with E-state index in [-0.39, 0.29) is 12.2 Å². The van der Waals surface area contributed by atoms with E-state index in [0.717, 1.165) is 6.42 Å². The predicted octanol–water partition coefficient (Wildman–Crippen LogP) is 2.95. The van der Waals surface area contributed by atoms with Crippen LogP contribution in [0.25, 0.3) is 0 Å². The maximum atomic E-state index is 13.0. The molecule has 1 N–H and O–H groups in total. The molecule has 0 spiro atoms. The molecule has 0 heterocycles. The molecule has 0 saturated heterocycles. The van der Waals surface area contributed by atoms with Gasteiger partial charge in [-0.3, -0.25) is 4.79 Å². The van der Waals surface area contributed by atoms with Crippen molar-refractivity contribution >= 4 is 5.97 Å². The summed E-state index contributed by atoms with van der Waals surface area (Å²) in [4.78, 5) is 11.5. The summed E-state index contributed by atoms with van der Waals surface area (Å²) < 4.78 is 35.9. The van der Waals surface area contributed by atoms with Crippen LogP contribution in [0.2, 0.25) is 0 Å². The number of hydrogen-bond donors (Lipinski definition) is 1. The number of benzene rings is 1. The first kappa shape index (κ1) is 17.4. The Bertz CT molecular complexity index is 434. The van der Waals surface area contributed by atoms with E-state index in [1.165, 1.54) is 19.1 Å². The monoisotopic (exact) mass is 302 g/mol. The van der Waals surface area contributed by atoms with Gasteiger partial charge in [-0.15, -0.1) is 0 Å². The van der Waals surface area contributed by atoms with Crippen LogP contribution in [-0.2, 0) is 9.53 Å². The summed E-state index contributed by atoms with van der Waals surface area (Å²) >= 11 is 0. The molecule has 0 radical (unpaired) electrons. The van der Waals surface area contributed by atoms with Gasteiger partial charge in [-0.1, -0.05) is 19.1 Å². The SMILES string of the molecule is CCCOc1ccc(C(O)C(C(=O)OCC)C(F)F)cc1. The molecular weight excluding hydrogens is 282 g/mol. The number of aliphatic hydroxyl groups excluding tert-OH is 1. The smallest absolute Gasteiger partial charge is 0.317 e. The molecule has 4 nitrogen and oxygen atoms in total. The van der Waals surface area contributed by atoms with Gasteiger partial charge in [0, 0.05) is 0 Å². The van der Waals surface area contributed by atoms with E-state index in [1.54, 1.807) is 12.1 Å². The van der Waals surface area contributed by atoms with Crippen molar-refractivity contribution in [1.29, 1.82) is 0 Å². The summed E-state index contributed by atoms with van der Waals surface area (Å²) in [6.45, 7) is 4.01. The van der Waals surface area contributed by atoms with Crippen molar-refractivity contribution < 1.29 is 28.2 Å². The zero-order chi connectivity index (χ0) is 15.8. The number of halogens is 2. The van der Waals surface area contributed by atoms with Gasteiger partial charge in [0.2, 0.25) is 0 Å². The van der Waals surface area contributed by atoms with E-state index in [4.69, 9.17) is 4.74 Å². The Morgan fingerprint density at radius 1 is 1.24 bits per heavy atom. The Kier molecular flexibility index (Phi) is 7.08. The van der Waals surface area contributed by atoms with Crippen molar-refractivity contribution in [1.82, 2.24) is 0 Å². The maximum Gasteiger partial charge on any atom is 0.317 e. The fraction of sp³-hybridized carbons (Fsp3) is 0.533. The number of aliphatic hydroxyl groups is 1. The normalized spacial score (nSPS) is 13.8.